The fraction of sp³-hybridized carbons (Fsp3) is 0.462. The molecule has 2 N–H and O–H groups in total. The number of sulfonamides is 1. The molecule has 1 aromatic heterocycles. The summed E-state index contributed by atoms with van der Waals surface area (Å²) >= 11 is 0. The largest absolute Gasteiger partial charge is 0.396 e. The Bertz CT molecular complexity index is 1240. The van der Waals surface area contributed by atoms with E-state index in [-0.39, 0.29) is 11.9 Å². The molecular formula is C26H35N5O4S. The van der Waals surface area contributed by atoms with Crippen molar-refractivity contribution < 1.29 is 17.9 Å². The Kier molecular flexibility index (Phi) is 7.56. The number of ether oxygens (including phenoxy) is 1. The molecule has 1 saturated carbocycles. The molecule has 1 atom stereocenters. The molecular weight excluding hydrogens is 478 g/mol. The van der Waals surface area contributed by atoms with E-state index >= 15 is 0 Å². The number of hydrogen-bond acceptors (Lipinski definition) is 7. The predicted molar refractivity (Wildman–Crippen MR) is 143 cm³/mol. The van der Waals surface area contributed by atoms with Gasteiger partial charge in [-0.2, -0.15) is 0 Å². The van der Waals surface area contributed by atoms with E-state index in [9.17, 15) is 13.2 Å². The van der Waals surface area contributed by atoms with Crippen LogP contribution < -0.4 is 14.9 Å². The summed E-state index contributed by atoms with van der Waals surface area (Å²) in [5, 5.41) is 0.940. The van der Waals surface area contributed by atoms with Crippen molar-refractivity contribution in [3.05, 3.63) is 48.0 Å². The highest BCUT2D eigenvalue weighted by Gasteiger charge is 2.32. The number of pyridine rings is 1. The molecule has 0 radical (unpaired) electrons. The Balaban J connectivity index is 1.62. The number of methoxy groups -OCH3 is 1. The topological polar surface area (TPSA) is 109 Å². The monoisotopic (exact) mass is 513 g/mol. The second-order valence-corrected chi connectivity index (χ2v) is 11.4. The maximum absolute atomic E-state index is 12.5. The molecule has 4 rings (SSSR count). The molecule has 0 unspecified atom stereocenters. The van der Waals surface area contributed by atoms with Crippen LogP contribution >= 0.6 is 0 Å². The first-order valence-electron chi connectivity index (χ1n) is 12.2. The van der Waals surface area contributed by atoms with Gasteiger partial charge in [-0.3, -0.25) is 9.10 Å². The lowest BCUT2D eigenvalue weighted by Crippen LogP contribution is -2.54. The number of piperazine rings is 1. The van der Waals surface area contributed by atoms with E-state index in [0.717, 1.165) is 40.9 Å². The molecule has 1 amide bonds. The summed E-state index contributed by atoms with van der Waals surface area (Å²) in [6, 6.07) is 9.37. The van der Waals surface area contributed by atoms with Crippen LogP contribution in [0, 0.1) is 0 Å². The summed E-state index contributed by atoms with van der Waals surface area (Å²) in [5.41, 5.74) is 10.4. The molecule has 10 heteroatoms. The average Bonchev–Trinajstić information content (AvgIpc) is 3.72. The van der Waals surface area contributed by atoms with E-state index < -0.39 is 10.0 Å². The van der Waals surface area contributed by atoms with Gasteiger partial charge >= 0.3 is 0 Å². The molecule has 1 aliphatic carbocycles. The number of hydrogen-bond donors (Lipinski definition) is 1. The van der Waals surface area contributed by atoms with E-state index in [4.69, 9.17) is 15.5 Å². The summed E-state index contributed by atoms with van der Waals surface area (Å²) in [7, 11) is -0.492. The number of carbonyl (C=O) groups is 1. The molecule has 2 aliphatic rings. The third-order valence-electron chi connectivity index (χ3n) is 6.90. The Morgan fingerprint density at radius 1 is 1.31 bits per heavy atom. The highest BCUT2D eigenvalue weighted by Crippen LogP contribution is 2.46. The minimum absolute atomic E-state index is 0.0346. The van der Waals surface area contributed by atoms with Gasteiger partial charge in [-0.1, -0.05) is 18.7 Å². The molecule has 194 valence electrons. The van der Waals surface area contributed by atoms with E-state index in [1.54, 1.807) is 13.2 Å². The lowest BCUT2D eigenvalue weighted by molar-refractivity contribution is -0.134. The first-order valence-corrected chi connectivity index (χ1v) is 13.7. The standard InChI is InChI=1S/C26H35N5O4S/c1-5-36(33,34)29(3)21-8-6-7-20(15-21)22-16-23(27)26(28-25(22)19-9-10-19)30-12-13-31(18(2)17-30)24(32)11-14-35-4/h5-8,15-16,18-19H,1,9-14,17,27H2,2-4H3/t18-/m1/s1. The van der Waals surface area contributed by atoms with Gasteiger partial charge < -0.3 is 20.3 Å². The molecule has 1 saturated heterocycles. The number of amides is 1. The Labute approximate surface area is 213 Å². The molecule has 2 heterocycles. The zero-order valence-electron chi connectivity index (χ0n) is 21.2. The quantitative estimate of drug-likeness (QED) is 0.548. The summed E-state index contributed by atoms with van der Waals surface area (Å²) in [4.78, 5) is 21.7. The molecule has 1 aliphatic heterocycles. The third-order valence-corrected chi connectivity index (χ3v) is 8.30. The van der Waals surface area contributed by atoms with Gasteiger partial charge in [0.2, 0.25) is 5.91 Å². The second kappa shape index (κ2) is 10.5. The lowest BCUT2D eigenvalue weighted by atomic mass is 10.00. The van der Waals surface area contributed by atoms with Crippen LogP contribution in [0.15, 0.2) is 42.3 Å². The van der Waals surface area contributed by atoms with Crippen LogP contribution in [0.1, 0.15) is 37.8 Å². The highest BCUT2D eigenvalue weighted by atomic mass is 32.2. The van der Waals surface area contributed by atoms with Crippen molar-refractivity contribution in [1.29, 1.82) is 0 Å². The maximum Gasteiger partial charge on any atom is 0.256 e. The van der Waals surface area contributed by atoms with E-state index in [1.165, 1.54) is 11.4 Å². The minimum atomic E-state index is -3.60. The molecule has 1 aromatic carbocycles. The highest BCUT2D eigenvalue weighted by molar-refractivity contribution is 7.95. The Hall–Kier alpha value is -3.11. The van der Waals surface area contributed by atoms with Crippen molar-refractivity contribution in [1.82, 2.24) is 9.88 Å². The van der Waals surface area contributed by atoms with Gasteiger partial charge in [0.15, 0.2) is 5.82 Å². The normalized spacial score (nSPS) is 18.2. The van der Waals surface area contributed by atoms with Gasteiger partial charge in [-0.15, -0.1) is 0 Å². The molecule has 0 bridgehead atoms. The van der Waals surface area contributed by atoms with Crippen molar-refractivity contribution in [3.8, 4) is 11.1 Å². The van der Waals surface area contributed by atoms with E-state index in [2.05, 4.69) is 11.5 Å². The maximum atomic E-state index is 12.5. The molecule has 9 nitrogen and oxygen atoms in total. The van der Waals surface area contributed by atoms with Crippen LogP contribution in [0.3, 0.4) is 0 Å². The van der Waals surface area contributed by atoms with Gasteiger partial charge in [-0.25, -0.2) is 13.4 Å². The van der Waals surface area contributed by atoms with Crippen LogP contribution in [-0.4, -0.2) is 70.6 Å². The molecule has 0 spiro atoms. The summed E-state index contributed by atoms with van der Waals surface area (Å²) < 4.78 is 30.8. The van der Waals surface area contributed by atoms with Crippen LogP contribution in [0.4, 0.5) is 17.2 Å². The molecule has 2 aromatic rings. The number of nitrogens with zero attached hydrogens (tertiary/aromatic N) is 4. The number of rotatable bonds is 9. The molecule has 2 fully saturated rings. The number of benzene rings is 1. The number of aromatic nitrogens is 1. The predicted octanol–water partition coefficient (Wildman–Crippen LogP) is 3.19. The first kappa shape index (κ1) is 26.0. The third kappa shape index (κ3) is 5.34. The smallest absolute Gasteiger partial charge is 0.256 e. The minimum Gasteiger partial charge on any atom is -0.396 e. The second-order valence-electron chi connectivity index (χ2n) is 9.46. The van der Waals surface area contributed by atoms with Crippen LogP contribution in [0.5, 0.6) is 0 Å². The van der Waals surface area contributed by atoms with Crippen LogP contribution in [0.2, 0.25) is 0 Å². The number of nitrogens with two attached hydrogens (primary N) is 1. The fourth-order valence-corrected chi connectivity index (χ4v) is 5.30. The van der Waals surface area contributed by atoms with Gasteiger partial charge in [0.25, 0.3) is 10.0 Å². The van der Waals surface area contributed by atoms with Gasteiger partial charge in [0.1, 0.15) is 0 Å². The van der Waals surface area contributed by atoms with Gasteiger partial charge in [0, 0.05) is 56.7 Å². The number of nitrogen functional groups attached to an aromatic ring is 1. The van der Waals surface area contributed by atoms with Crippen molar-refractivity contribution in [2.45, 2.75) is 38.1 Å². The van der Waals surface area contributed by atoms with Crippen molar-refractivity contribution in [2.24, 2.45) is 0 Å². The van der Waals surface area contributed by atoms with Gasteiger partial charge in [-0.05, 0) is 43.5 Å². The lowest BCUT2D eigenvalue weighted by Gasteiger charge is -2.41. The number of anilines is 3. The van der Waals surface area contributed by atoms with Gasteiger partial charge in [0.05, 0.1) is 30.1 Å². The molecule has 36 heavy (non-hydrogen) atoms. The Morgan fingerprint density at radius 3 is 2.69 bits per heavy atom. The summed E-state index contributed by atoms with van der Waals surface area (Å²) in [6.07, 6.45) is 2.50. The van der Waals surface area contributed by atoms with E-state index in [0.29, 0.717) is 50.0 Å². The van der Waals surface area contributed by atoms with Crippen molar-refractivity contribution in [2.75, 3.05) is 55.3 Å². The number of carbonyl (C=O) groups excluding carboxylic acids is 1. The van der Waals surface area contributed by atoms with E-state index in [1.807, 2.05) is 36.1 Å². The zero-order valence-corrected chi connectivity index (χ0v) is 22.0. The van der Waals surface area contributed by atoms with Crippen molar-refractivity contribution in [3.63, 3.8) is 0 Å². The van der Waals surface area contributed by atoms with Crippen LogP contribution in [0.25, 0.3) is 11.1 Å². The Morgan fingerprint density at radius 2 is 2.06 bits per heavy atom. The van der Waals surface area contributed by atoms with Crippen molar-refractivity contribution >= 4 is 33.1 Å². The van der Waals surface area contributed by atoms with Crippen LogP contribution in [-0.2, 0) is 19.6 Å². The average molecular weight is 514 g/mol. The SMILES string of the molecule is C=CS(=O)(=O)N(C)c1cccc(-c2cc(N)c(N3CCN(C(=O)CCOC)[C@H](C)C3)nc2C2CC2)c1. The first-order chi connectivity index (χ1) is 17.2. The fourth-order valence-electron chi connectivity index (χ4n) is 4.67. The summed E-state index contributed by atoms with van der Waals surface area (Å²) in [6.45, 7) is 7.80. The zero-order chi connectivity index (χ0) is 26.0. The summed E-state index contributed by atoms with van der Waals surface area (Å²) in [5.74, 6) is 1.20.